The lowest BCUT2D eigenvalue weighted by atomic mass is 10.2. The predicted octanol–water partition coefficient (Wildman–Crippen LogP) is 1.84. The van der Waals surface area contributed by atoms with E-state index in [2.05, 4.69) is 25.4 Å². The summed E-state index contributed by atoms with van der Waals surface area (Å²) < 4.78 is 8.00. The first-order valence-corrected chi connectivity index (χ1v) is 8.78. The van der Waals surface area contributed by atoms with Crippen molar-refractivity contribution in [2.24, 2.45) is 0 Å². The Morgan fingerprint density at radius 2 is 2.16 bits per heavy atom. The molecular formula is C18H25N5O2. The first-order valence-electron chi connectivity index (χ1n) is 8.78. The number of aromatic nitrogens is 3. The Hall–Kier alpha value is -2.57. The largest absolute Gasteiger partial charge is 0.489 e. The van der Waals surface area contributed by atoms with Crippen molar-refractivity contribution < 1.29 is 9.53 Å². The van der Waals surface area contributed by atoms with Crippen LogP contribution in [0.3, 0.4) is 0 Å². The average molecular weight is 343 g/mol. The standard InChI is InChI=1S/C18H25N5O2/c1-13-6-3-4-7-15(13)25-14(2)12-20-18(24)19-10-9-17-22-21-16-8-5-11-23(16)17/h3-4,6-7,14H,5,8-12H2,1-2H3,(H2,19,20,24)/t14-/m0/s1. The Bertz CT molecular complexity index is 728. The Kier molecular flexibility index (Phi) is 5.53. The van der Waals surface area contributed by atoms with Gasteiger partial charge in [0.15, 0.2) is 0 Å². The maximum atomic E-state index is 11.9. The molecule has 7 heteroatoms. The summed E-state index contributed by atoms with van der Waals surface area (Å²) in [6, 6.07) is 7.66. The summed E-state index contributed by atoms with van der Waals surface area (Å²) in [5.74, 6) is 2.85. The van der Waals surface area contributed by atoms with Gasteiger partial charge in [-0.05, 0) is 31.9 Å². The van der Waals surface area contributed by atoms with Crippen molar-refractivity contribution in [3.8, 4) is 5.75 Å². The summed E-state index contributed by atoms with van der Waals surface area (Å²) in [6.45, 7) is 5.91. The predicted molar refractivity (Wildman–Crippen MR) is 94.7 cm³/mol. The van der Waals surface area contributed by atoms with E-state index in [1.807, 2.05) is 38.1 Å². The van der Waals surface area contributed by atoms with Gasteiger partial charge in [0.05, 0.1) is 6.54 Å². The maximum Gasteiger partial charge on any atom is 0.314 e. The summed E-state index contributed by atoms with van der Waals surface area (Å²) in [7, 11) is 0. The minimum absolute atomic E-state index is 0.105. The molecular weight excluding hydrogens is 318 g/mol. The zero-order valence-corrected chi connectivity index (χ0v) is 14.8. The molecule has 3 rings (SSSR count). The van der Waals surface area contributed by atoms with Crippen LogP contribution in [0.15, 0.2) is 24.3 Å². The van der Waals surface area contributed by atoms with Crippen molar-refractivity contribution in [2.75, 3.05) is 13.1 Å². The number of nitrogens with zero attached hydrogens (tertiary/aromatic N) is 3. The number of carbonyl (C=O) groups excluding carboxylic acids is 1. The van der Waals surface area contributed by atoms with Crippen molar-refractivity contribution in [3.05, 3.63) is 41.5 Å². The molecule has 0 unspecified atom stereocenters. The molecule has 2 aromatic rings. The Morgan fingerprint density at radius 1 is 1.32 bits per heavy atom. The van der Waals surface area contributed by atoms with E-state index in [1.165, 1.54) is 0 Å². The van der Waals surface area contributed by atoms with Gasteiger partial charge < -0.3 is 19.9 Å². The van der Waals surface area contributed by atoms with Crippen molar-refractivity contribution >= 4 is 6.03 Å². The highest BCUT2D eigenvalue weighted by molar-refractivity contribution is 5.73. The fourth-order valence-electron chi connectivity index (χ4n) is 2.93. The number of hydrogen-bond acceptors (Lipinski definition) is 4. The van der Waals surface area contributed by atoms with Crippen LogP contribution in [-0.4, -0.2) is 40.0 Å². The second kappa shape index (κ2) is 8.00. The number of ether oxygens (including phenoxy) is 1. The number of carbonyl (C=O) groups is 1. The van der Waals surface area contributed by atoms with Gasteiger partial charge in [-0.1, -0.05) is 18.2 Å². The van der Waals surface area contributed by atoms with E-state index >= 15 is 0 Å². The number of urea groups is 1. The van der Waals surface area contributed by atoms with Gasteiger partial charge in [-0.3, -0.25) is 0 Å². The molecule has 1 aliphatic rings. The number of aryl methyl sites for hydroxylation is 2. The molecule has 134 valence electrons. The van der Waals surface area contributed by atoms with Crippen molar-refractivity contribution in [3.63, 3.8) is 0 Å². The quantitative estimate of drug-likeness (QED) is 0.804. The highest BCUT2D eigenvalue weighted by Crippen LogP contribution is 2.17. The van der Waals surface area contributed by atoms with Gasteiger partial charge in [0.1, 0.15) is 23.5 Å². The molecule has 1 aliphatic heterocycles. The van der Waals surface area contributed by atoms with Crippen LogP contribution in [0.4, 0.5) is 4.79 Å². The first kappa shape index (κ1) is 17.3. The molecule has 0 saturated heterocycles. The minimum Gasteiger partial charge on any atom is -0.489 e. The lowest BCUT2D eigenvalue weighted by Crippen LogP contribution is -2.41. The van der Waals surface area contributed by atoms with Gasteiger partial charge in [0.2, 0.25) is 0 Å². The molecule has 7 nitrogen and oxygen atoms in total. The average Bonchev–Trinajstić information content (AvgIpc) is 3.20. The zero-order valence-electron chi connectivity index (χ0n) is 14.8. The molecule has 0 spiro atoms. The second-order valence-corrected chi connectivity index (χ2v) is 6.37. The number of para-hydroxylation sites is 1. The third-order valence-electron chi connectivity index (χ3n) is 4.29. The Morgan fingerprint density at radius 3 is 3.00 bits per heavy atom. The normalized spacial score (nSPS) is 14.0. The van der Waals surface area contributed by atoms with Gasteiger partial charge in [-0.25, -0.2) is 4.79 Å². The lowest BCUT2D eigenvalue weighted by molar-refractivity contribution is 0.207. The molecule has 0 saturated carbocycles. The van der Waals surface area contributed by atoms with E-state index in [0.29, 0.717) is 19.5 Å². The van der Waals surface area contributed by atoms with Crippen LogP contribution in [0.5, 0.6) is 5.75 Å². The topological polar surface area (TPSA) is 81.1 Å². The summed E-state index contributed by atoms with van der Waals surface area (Å²) in [5, 5.41) is 14.0. The highest BCUT2D eigenvalue weighted by atomic mass is 16.5. The van der Waals surface area contributed by atoms with Gasteiger partial charge in [-0.15, -0.1) is 10.2 Å². The molecule has 0 aliphatic carbocycles. The molecule has 0 bridgehead atoms. The molecule has 1 atom stereocenters. The van der Waals surface area contributed by atoms with E-state index in [1.54, 1.807) is 0 Å². The maximum absolute atomic E-state index is 11.9. The molecule has 1 aromatic heterocycles. The van der Waals surface area contributed by atoms with E-state index in [-0.39, 0.29) is 12.1 Å². The number of rotatable bonds is 7. The molecule has 2 heterocycles. The van der Waals surface area contributed by atoms with E-state index < -0.39 is 0 Å². The van der Waals surface area contributed by atoms with Gasteiger partial charge in [-0.2, -0.15) is 0 Å². The van der Waals surface area contributed by atoms with Crippen LogP contribution >= 0.6 is 0 Å². The number of fused-ring (bicyclic) bond motifs is 1. The van der Waals surface area contributed by atoms with Crippen LogP contribution in [-0.2, 0) is 19.4 Å². The van der Waals surface area contributed by atoms with Crippen LogP contribution in [0, 0.1) is 6.92 Å². The Balaban J connectivity index is 1.36. The minimum atomic E-state index is -0.193. The molecule has 2 amide bonds. The summed E-state index contributed by atoms with van der Waals surface area (Å²) in [5.41, 5.74) is 1.08. The number of benzene rings is 1. The van der Waals surface area contributed by atoms with Crippen molar-refractivity contribution in [2.45, 2.75) is 45.8 Å². The molecule has 1 aromatic carbocycles. The SMILES string of the molecule is Cc1ccccc1O[C@@H](C)CNC(=O)NCCc1nnc2n1CCC2. The monoisotopic (exact) mass is 343 g/mol. The Labute approximate surface area is 147 Å². The fourth-order valence-corrected chi connectivity index (χ4v) is 2.93. The summed E-state index contributed by atoms with van der Waals surface area (Å²) in [6.07, 6.45) is 2.71. The third-order valence-corrected chi connectivity index (χ3v) is 4.29. The van der Waals surface area contributed by atoms with Gasteiger partial charge >= 0.3 is 6.03 Å². The van der Waals surface area contributed by atoms with Crippen LogP contribution in [0.2, 0.25) is 0 Å². The second-order valence-electron chi connectivity index (χ2n) is 6.37. The van der Waals surface area contributed by atoms with E-state index in [4.69, 9.17) is 4.74 Å². The first-order chi connectivity index (χ1) is 12.1. The molecule has 25 heavy (non-hydrogen) atoms. The van der Waals surface area contributed by atoms with E-state index in [9.17, 15) is 4.79 Å². The number of amides is 2. The highest BCUT2D eigenvalue weighted by Gasteiger charge is 2.17. The molecule has 0 fully saturated rings. The van der Waals surface area contributed by atoms with Crippen LogP contribution in [0.1, 0.15) is 30.6 Å². The lowest BCUT2D eigenvalue weighted by Gasteiger charge is -2.17. The third kappa shape index (κ3) is 4.49. The zero-order chi connectivity index (χ0) is 17.6. The summed E-state index contributed by atoms with van der Waals surface area (Å²) in [4.78, 5) is 11.9. The number of nitrogens with one attached hydrogen (secondary N) is 2. The number of hydrogen-bond donors (Lipinski definition) is 2. The molecule has 0 radical (unpaired) electrons. The van der Waals surface area contributed by atoms with E-state index in [0.717, 1.165) is 42.3 Å². The summed E-state index contributed by atoms with van der Waals surface area (Å²) >= 11 is 0. The van der Waals surface area contributed by atoms with Crippen LogP contribution < -0.4 is 15.4 Å². The van der Waals surface area contributed by atoms with Crippen molar-refractivity contribution in [1.82, 2.24) is 25.4 Å². The smallest absolute Gasteiger partial charge is 0.314 e. The van der Waals surface area contributed by atoms with Gasteiger partial charge in [0.25, 0.3) is 0 Å². The van der Waals surface area contributed by atoms with Crippen LogP contribution in [0.25, 0.3) is 0 Å². The molecule has 2 N–H and O–H groups in total. The van der Waals surface area contributed by atoms with Gasteiger partial charge in [0, 0.05) is 25.9 Å². The fraction of sp³-hybridized carbons (Fsp3) is 0.500. The van der Waals surface area contributed by atoms with Crippen molar-refractivity contribution in [1.29, 1.82) is 0 Å².